The molecule has 0 N–H and O–H groups in total. The van der Waals surface area contributed by atoms with E-state index in [1.165, 1.54) is 6.26 Å². The van der Waals surface area contributed by atoms with Gasteiger partial charge in [0.05, 0.1) is 11.8 Å². The summed E-state index contributed by atoms with van der Waals surface area (Å²) in [6, 6.07) is 17.2. The van der Waals surface area contributed by atoms with Crippen LogP contribution in [-0.2, 0) is 20.9 Å². The topological polar surface area (TPSA) is 44.8 Å². The van der Waals surface area contributed by atoms with E-state index in [0.717, 1.165) is 11.1 Å². The minimum Gasteiger partial charge on any atom is -0.470 e. The third kappa shape index (κ3) is 4.46. The molecule has 0 aliphatic heterocycles. The molecule has 0 aliphatic carbocycles. The van der Waals surface area contributed by atoms with E-state index >= 15 is 0 Å². The van der Waals surface area contributed by atoms with E-state index in [9.17, 15) is 4.79 Å². The standard InChI is InChI=1S/C18H18O4/c1-3-20-14(2)21-22-18(19)17-12-8-7-11-16(17)13-15-9-5-4-6-10-15/h3-12,14H,1,13H2,2H3. The highest BCUT2D eigenvalue weighted by Crippen LogP contribution is 2.16. The van der Waals surface area contributed by atoms with Gasteiger partial charge in [0.25, 0.3) is 0 Å². The summed E-state index contributed by atoms with van der Waals surface area (Å²) in [6.45, 7) is 5.01. The van der Waals surface area contributed by atoms with Crippen LogP contribution in [0.2, 0.25) is 0 Å². The average Bonchev–Trinajstić information content (AvgIpc) is 2.54. The second-order valence-electron chi connectivity index (χ2n) is 4.66. The Morgan fingerprint density at radius 1 is 1.14 bits per heavy atom. The van der Waals surface area contributed by atoms with Crippen LogP contribution in [0.1, 0.15) is 28.4 Å². The summed E-state index contributed by atoms with van der Waals surface area (Å²) < 4.78 is 4.92. The normalized spacial score (nSPS) is 11.5. The van der Waals surface area contributed by atoms with E-state index in [4.69, 9.17) is 14.5 Å². The van der Waals surface area contributed by atoms with Crippen LogP contribution in [-0.4, -0.2) is 12.3 Å². The fourth-order valence-electron chi connectivity index (χ4n) is 2.00. The summed E-state index contributed by atoms with van der Waals surface area (Å²) >= 11 is 0. The summed E-state index contributed by atoms with van der Waals surface area (Å²) in [7, 11) is 0. The van der Waals surface area contributed by atoms with Crippen LogP contribution in [0.25, 0.3) is 0 Å². The summed E-state index contributed by atoms with van der Waals surface area (Å²) in [5, 5.41) is 0. The first-order valence-electron chi connectivity index (χ1n) is 6.96. The first-order valence-corrected chi connectivity index (χ1v) is 6.96. The molecule has 0 aromatic heterocycles. The highest BCUT2D eigenvalue weighted by molar-refractivity contribution is 5.90. The Labute approximate surface area is 129 Å². The zero-order chi connectivity index (χ0) is 15.8. The minimum atomic E-state index is -0.706. The maximum absolute atomic E-state index is 12.1. The maximum Gasteiger partial charge on any atom is 0.373 e. The molecule has 0 fully saturated rings. The number of benzene rings is 2. The molecule has 0 heterocycles. The van der Waals surface area contributed by atoms with Crippen LogP contribution in [0.4, 0.5) is 0 Å². The van der Waals surface area contributed by atoms with Gasteiger partial charge in [-0.15, -0.1) is 4.89 Å². The van der Waals surface area contributed by atoms with Crippen molar-refractivity contribution < 1.29 is 19.3 Å². The monoisotopic (exact) mass is 298 g/mol. The van der Waals surface area contributed by atoms with Crippen molar-refractivity contribution in [2.75, 3.05) is 0 Å². The fourth-order valence-corrected chi connectivity index (χ4v) is 2.00. The second kappa shape index (κ2) is 8.00. The number of hydrogen-bond acceptors (Lipinski definition) is 4. The van der Waals surface area contributed by atoms with Crippen LogP contribution in [0.15, 0.2) is 67.4 Å². The Hall–Kier alpha value is -2.59. The van der Waals surface area contributed by atoms with E-state index in [0.29, 0.717) is 12.0 Å². The van der Waals surface area contributed by atoms with Gasteiger partial charge < -0.3 is 4.74 Å². The zero-order valence-corrected chi connectivity index (χ0v) is 12.4. The molecular formula is C18H18O4. The molecule has 0 spiro atoms. The lowest BCUT2D eigenvalue weighted by atomic mass is 10.00. The molecule has 2 rings (SSSR count). The minimum absolute atomic E-state index is 0.470. The molecule has 0 amide bonds. The lowest BCUT2D eigenvalue weighted by Gasteiger charge is -2.12. The highest BCUT2D eigenvalue weighted by Gasteiger charge is 2.15. The molecule has 1 atom stereocenters. The second-order valence-corrected chi connectivity index (χ2v) is 4.66. The molecule has 114 valence electrons. The van der Waals surface area contributed by atoms with Crippen LogP contribution in [0.5, 0.6) is 0 Å². The van der Waals surface area contributed by atoms with Gasteiger partial charge in [-0.05, 0) is 23.6 Å². The quantitative estimate of drug-likeness (QED) is 0.337. The molecule has 0 radical (unpaired) electrons. The Kier molecular flexibility index (Phi) is 5.74. The lowest BCUT2D eigenvalue weighted by Crippen LogP contribution is -2.15. The molecule has 2 aromatic carbocycles. The van der Waals surface area contributed by atoms with Crippen molar-refractivity contribution in [2.24, 2.45) is 0 Å². The third-order valence-corrected chi connectivity index (χ3v) is 3.02. The molecule has 22 heavy (non-hydrogen) atoms. The Morgan fingerprint density at radius 2 is 1.82 bits per heavy atom. The van der Waals surface area contributed by atoms with E-state index < -0.39 is 12.3 Å². The van der Waals surface area contributed by atoms with Crippen molar-refractivity contribution in [3.8, 4) is 0 Å². The molecule has 2 aromatic rings. The van der Waals surface area contributed by atoms with Crippen molar-refractivity contribution in [1.29, 1.82) is 0 Å². The van der Waals surface area contributed by atoms with E-state index in [1.54, 1.807) is 19.1 Å². The summed E-state index contributed by atoms with van der Waals surface area (Å²) in [5.41, 5.74) is 2.46. The largest absolute Gasteiger partial charge is 0.470 e. The van der Waals surface area contributed by atoms with Gasteiger partial charge >= 0.3 is 5.97 Å². The van der Waals surface area contributed by atoms with Crippen LogP contribution in [0.3, 0.4) is 0 Å². The number of carbonyl (C=O) groups is 1. The molecule has 0 aliphatic rings. The van der Waals surface area contributed by atoms with Gasteiger partial charge in [-0.3, -0.25) is 4.89 Å². The number of hydrogen-bond donors (Lipinski definition) is 0. The average molecular weight is 298 g/mol. The highest BCUT2D eigenvalue weighted by atomic mass is 17.2. The van der Waals surface area contributed by atoms with Crippen LogP contribution >= 0.6 is 0 Å². The Bertz CT molecular complexity index is 622. The van der Waals surface area contributed by atoms with Gasteiger partial charge in [0, 0.05) is 6.92 Å². The number of rotatable bonds is 7. The molecular weight excluding hydrogens is 280 g/mol. The molecule has 0 saturated heterocycles. The summed E-state index contributed by atoms with van der Waals surface area (Å²) in [6.07, 6.45) is 1.16. The predicted octanol–water partition coefficient (Wildman–Crippen LogP) is 3.87. The van der Waals surface area contributed by atoms with Crippen molar-refractivity contribution in [1.82, 2.24) is 0 Å². The van der Waals surface area contributed by atoms with Gasteiger partial charge in [0.15, 0.2) is 0 Å². The summed E-state index contributed by atoms with van der Waals surface area (Å²) in [5.74, 6) is -0.550. The van der Waals surface area contributed by atoms with Gasteiger partial charge in [-0.25, -0.2) is 4.79 Å². The fraction of sp³-hybridized carbons (Fsp3) is 0.167. The lowest BCUT2D eigenvalue weighted by molar-refractivity contribution is -0.322. The van der Waals surface area contributed by atoms with Crippen molar-refractivity contribution in [3.63, 3.8) is 0 Å². The molecule has 1 unspecified atom stereocenters. The van der Waals surface area contributed by atoms with Crippen molar-refractivity contribution >= 4 is 5.97 Å². The first-order chi connectivity index (χ1) is 10.7. The Balaban J connectivity index is 2.07. The Morgan fingerprint density at radius 3 is 2.55 bits per heavy atom. The van der Waals surface area contributed by atoms with E-state index in [1.807, 2.05) is 42.5 Å². The van der Waals surface area contributed by atoms with Gasteiger partial charge in [-0.1, -0.05) is 55.1 Å². The van der Waals surface area contributed by atoms with Crippen molar-refractivity contribution in [2.45, 2.75) is 19.6 Å². The van der Waals surface area contributed by atoms with Crippen LogP contribution < -0.4 is 0 Å². The number of carbonyl (C=O) groups excluding carboxylic acids is 1. The predicted molar refractivity (Wildman–Crippen MR) is 82.9 cm³/mol. The molecule has 0 bridgehead atoms. The van der Waals surface area contributed by atoms with E-state index in [2.05, 4.69) is 6.58 Å². The van der Waals surface area contributed by atoms with E-state index in [-0.39, 0.29) is 0 Å². The first kappa shape index (κ1) is 15.8. The maximum atomic E-state index is 12.1. The SMILES string of the molecule is C=COC(C)OOC(=O)c1ccccc1Cc1ccccc1. The molecule has 4 heteroatoms. The number of ether oxygens (including phenoxy) is 1. The smallest absolute Gasteiger partial charge is 0.373 e. The van der Waals surface area contributed by atoms with Gasteiger partial charge in [0.1, 0.15) is 0 Å². The van der Waals surface area contributed by atoms with Gasteiger partial charge in [-0.2, -0.15) is 0 Å². The third-order valence-electron chi connectivity index (χ3n) is 3.02. The van der Waals surface area contributed by atoms with Gasteiger partial charge in [0.2, 0.25) is 6.29 Å². The zero-order valence-electron chi connectivity index (χ0n) is 12.4. The molecule has 4 nitrogen and oxygen atoms in total. The van der Waals surface area contributed by atoms with Crippen molar-refractivity contribution in [3.05, 3.63) is 84.1 Å². The van der Waals surface area contributed by atoms with Crippen LogP contribution in [0, 0.1) is 0 Å². The molecule has 0 saturated carbocycles. The summed E-state index contributed by atoms with van der Waals surface area (Å²) in [4.78, 5) is 21.8.